The second kappa shape index (κ2) is 5.94. The van der Waals surface area contributed by atoms with E-state index in [-0.39, 0.29) is 10.6 Å². The maximum atomic E-state index is 13.8. The zero-order valence-electron chi connectivity index (χ0n) is 12.7. The number of hydrogen-bond donors (Lipinski definition) is 1. The van der Waals surface area contributed by atoms with E-state index < -0.39 is 6.10 Å². The molecule has 0 aromatic heterocycles. The van der Waals surface area contributed by atoms with Gasteiger partial charge >= 0.3 is 0 Å². The van der Waals surface area contributed by atoms with Crippen LogP contribution < -0.4 is 4.90 Å². The summed E-state index contributed by atoms with van der Waals surface area (Å²) in [4.78, 5) is 2.29. The maximum Gasteiger partial charge on any atom is 0.126 e. The van der Waals surface area contributed by atoms with Crippen LogP contribution >= 0.6 is 11.8 Å². The van der Waals surface area contributed by atoms with Gasteiger partial charge in [0.1, 0.15) is 5.82 Å². The molecule has 1 atom stereocenters. The Hall–Kier alpha value is -0.740. The average molecular weight is 297 g/mol. The molecule has 0 bridgehead atoms. The lowest BCUT2D eigenvalue weighted by molar-refractivity contribution is 0.199. The van der Waals surface area contributed by atoms with Crippen LogP contribution in [0.5, 0.6) is 0 Å². The van der Waals surface area contributed by atoms with Crippen molar-refractivity contribution in [2.75, 3.05) is 23.7 Å². The van der Waals surface area contributed by atoms with Crippen molar-refractivity contribution in [3.05, 3.63) is 29.1 Å². The molecular formula is C16H24FNOS. The van der Waals surface area contributed by atoms with Gasteiger partial charge in [-0.1, -0.05) is 13.8 Å². The van der Waals surface area contributed by atoms with Crippen LogP contribution in [0.2, 0.25) is 0 Å². The fraction of sp³-hybridized carbons (Fsp3) is 0.625. The lowest BCUT2D eigenvalue weighted by Crippen LogP contribution is -2.28. The molecule has 1 heterocycles. The Labute approximate surface area is 125 Å². The highest BCUT2D eigenvalue weighted by Gasteiger charge is 2.25. The Morgan fingerprint density at radius 3 is 2.70 bits per heavy atom. The number of thioether (sulfide) groups is 1. The predicted octanol–water partition coefficient (Wildman–Crippen LogP) is 3.91. The van der Waals surface area contributed by atoms with Gasteiger partial charge in [0.15, 0.2) is 0 Å². The fourth-order valence-electron chi connectivity index (χ4n) is 2.55. The van der Waals surface area contributed by atoms with Gasteiger partial charge in [0.2, 0.25) is 0 Å². The van der Waals surface area contributed by atoms with E-state index >= 15 is 0 Å². The van der Waals surface area contributed by atoms with Gasteiger partial charge in [-0.05, 0) is 38.0 Å². The number of anilines is 1. The quantitative estimate of drug-likeness (QED) is 0.895. The van der Waals surface area contributed by atoms with E-state index in [0.29, 0.717) is 11.1 Å². The summed E-state index contributed by atoms with van der Waals surface area (Å²) in [5, 5.41) is 9.92. The lowest BCUT2D eigenvalue weighted by atomic mass is 10.0. The zero-order valence-corrected chi connectivity index (χ0v) is 13.6. The first kappa shape index (κ1) is 15.6. The highest BCUT2D eigenvalue weighted by atomic mass is 32.2. The molecule has 0 radical (unpaired) electrons. The maximum absolute atomic E-state index is 13.8. The summed E-state index contributed by atoms with van der Waals surface area (Å²) in [7, 11) is 0. The van der Waals surface area contributed by atoms with Crippen LogP contribution in [0.3, 0.4) is 0 Å². The Bertz CT molecular complexity index is 488. The van der Waals surface area contributed by atoms with Crippen LogP contribution in [0.15, 0.2) is 12.1 Å². The van der Waals surface area contributed by atoms with Gasteiger partial charge in [0.05, 0.1) is 6.10 Å². The molecule has 112 valence electrons. The first-order valence-electron chi connectivity index (χ1n) is 7.17. The summed E-state index contributed by atoms with van der Waals surface area (Å²) in [5.41, 5.74) is 2.32. The fourth-order valence-corrected chi connectivity index (χ4v) is 3.65. The van der Waals surface area contributed by atoms with Gasteiger partial charge in [-0.2, -0.15) is 11.8 Å². The highest BCUT2D eigenvalue weighted by Crippen LogP contribution is 2.35. The van der Waals surface area contributed by atoms with E-state index in [0.717, 1.165) is 31.0 Å². The van der Waals surface area contributed by atoms with Gasteiger partial charge in [0.25, 0.3) is 0 Å². The largest absolute Gasteiger partial charge is 0.389 e. The van der Waals surface area contributed by atoms with E-state index in [1.54, 1.807) is 13.8 Å². The summed E-state index contributed by atoms with van der Waals surface area (Å²) in [6, 6.07) is 3.36. The molecule has 1 N–H and O–H groups in total. The van der Waals surface area contributed by atoms with Crippen LogP contribution in [0.25, 0.3) is 0 Å². The number of aryl methyl sites for hydroxylation is 1. The van der Waals surface area contributed by atoms with Gasteiger partial charge in [-0.25, -0.2) is 4.39 Å². The van der Waals surface area contributed by atoms with Crippen LogP contribution in [-0.2, 0) is 0 Å². The summed E-state index contributed by atoms with van der Waals surface area (Å²) >= 11 is 1.98. The van der Waals surface area contributed by atoms with E-state index in [2.05, 4.69) is 18.7 Å². The average Bonchev–Trinajstić information content (AvgIpc) is 2.53. The van der Waals surface area contributed by atoms with Crippen molar-refractivity contribution in [2.45, 2.75) is 45.0 Å². The Kier molecular flexibility index (Phi) is 4.65. The van der Waals surface area contributed by atoms with E-state index in [9.17, 15) is 9.50 Å². The lowest BCUT2D eigenvalue weighted by Gasteiger charge is -2.27. The van der Waals surface area contributed by atoms with Gasteiger partial charge in [-0.3, -0.25) is 0 Å². The van der Waals surface area contributed by atoms with E-state index in [1.165, 1.54) is 6.07 Å². The second-order valence-corrected chi connectivity index (χ2v) is 7.98. The molecule has 1 saturated heterocycles. The molecule has 0 spiro atoms. The van der Waals surface area contributed by atoms with Gasteiger partial charge < -0.3 is 10.0 Å². The first-order chi connectivity index (χ1) is 9.30. The molecule has 1 aromatic rings. The molecule has 1 unspecified atom stereocenters. The molecule has 4 heteroatoms. The van der Waals surface area contributed by atoms with E-state index in [4.69, 9.17) is 0 Å². The van der Waals surface area contributed by atoms with Gasteiger partial charge in [-0.15, -0.1) is 0 Å². The third-order valence-electron chi connectivity index (χ3n) is 3.94. The van der Waals surface area contributed by atoms with Crippen molar-refractivity contribution in [1.29, 1.82) is 0 Å². The van der Waals surface area contributed by atoms with Crippen molar-refractivity contribution in [3.63, 3.8) is 0 Å². The van der Waals surface area contributed by atoms with E-state index in [1.807, 2.05) is 17.8 Å². The normalized spacial score (nSPS) is 20.6. The first-order valence-corrected chi connectivity index (χ1v) is 8.16. The Balaban J connectivity index is 2.34. The molecule has 2 nitrogen and oxygen atoms in total. The molecule has 0 saturated carbocycles. The number of aliphatic hydroxyl groups excluding tert-OH is 1. The molecule has 1 fully saturated rings. The summed E-state index contributed by atoms with van der Waals surface area (Å²) < 4.78 is 14.0. The van der Waals surface area contributed by atoms with Crippen molar-refractivity contribution >= 4 is 17.4 Å². The Morgan fingerprint density at radius 1 is 1.35 bits per heavy atom. The summed E-state index contributed by atoms with van der Waals surface area (Å²) in [6.45, 7) is 9.91. The minimum absolute atomic E-state index is 0.242. The second-order valence-electron chi connectivity index (χ2n) is 6.18. The number of aliphatic hydroxyl groups is 1. The smallest absolute Gasteiger partial charge is 0.126 e. The van der Waals surface area contributed by atoms with Crippen LogP contribution in [0, 0.1) is 12.7 Å². The molecule has 0 amide bonds. The topological polar surface area (TPSA) is 23.5 Å². The SMILES string of the molecule is Cc1cc(N2CCSC(C)(C)CC2)c(C(C)O)cc1F. The summed E-state index contributed by atoms with van der Waals surface area (Å²) in [6.07, 6.45) is 0.442. The molecular weight excluding hydrogens is 273 g/mol. The highest BCUT2D eigenvalue weighted by molar-refractivity contribution is 8.00. The third-order valence-corrected chi connectivity index (χ3v) is 5.31. The number of hydrogen-bond acceptors (Lipinski definition) is 3. The monoisotopic (exact) mass is 297 g/mol. The van der Waals surface area contributed by atoms with Gasteiger partial charge in [0, 0.05) is 34.8 Å². The molecule has 20 heavy (non-hydrogen) atoms. The van der Waals surface area contributed by atoms with Crippen LogP contribution in [-0.4, -0.2) is 28.7 Å². The molecule has 1 aliphatic heterocycles. The number of halogens is 1. The molecule has 1 aliphatic rings. The number of rotatable bonds is 2. The number of nitrogens with zero attached hydrogens (tertiary/aromatic N) is 1. The number of benzene rings is 1. The van der Waals surface area contributed by atoms with Crippen molar-refractivity contribution in [2.24, 2.45) is 0 Å². The third kappa shape index (κ3) is 3.47. The summed E-state index contributed by atoms with van der Waals surface area (Å²) in [5.74, 6) is 0.817. The van der Waals surface area contributed by atoms with Crippen molar-refractivity contribution in [3.8, 4) is 0 Å². The zero-order chi connectivity index (χ0) is 14.9. The Morgan fingerprint density at radius 2 is 2.05 bits per heavy atom. The predicted molar refractivity (Wildman–Crippen MR) is 85.1 cm³/mol. The van der Waals surface area contributed by atoms with Crippen LogP contribution in [0.4, 0.5) is 10.1 Å². The minimum Gasteiger partial charge on any atom is -0.389 e. The standard InChI is InChI=1S/C16H24FNOS/c1-11-9-15(13(12(2)19)10-14(11)17)18-6-5-16(3,4)20-8-7-18/h9-10,12,19H,5-8H2,1-4H3. The van der Waals surface area contributed by atoms with Crippen molar-refractivity contribution < 1.29 is 9.50 Å². The van der Waals surface area contributed by atoms with Crippen molar-refractivity contribution in [1.82, 2.24) is 0 Å². The molecule has 0 aliphatic carbocycles. The molecule has 1 aromatic carbocycles. The minimum atomic E-state index is -0.649. The molecule has 2 rings (SSSR count). The van der Waals surface area contributed by atoms with Crippen LogP contribution in [0.1, 0.15) is 44.4 Å².